The average Bonchev–Trinajstić information content (AvgIpc) is 2.95. The molecule has 116 valence electrons. The topological polar surface area (TPSA) is 55.6 Å². The summed E-state index contributed by atoms with van der Waals surface area (Å²) in [6, 6.07) is 9.88. The normalized spacial score (nSPS) is 11.1. The Balaban J connectivity index is 1.80. The number of hydrazone groups is 1. The van der Waals surface area contributed by atoms with Crippen LogP contribution in [-0.4, -0.2) is 23.3 Å². The molecule has 1 N–H and O–H groups in total. The molecule has 0 aliphatic heterocycles. The number of hydrogen-bond acceptors (Lipinski definition) is 3. The Labute approximate surface area is 143 Å². The zero-order valence-corrected chi connectivity index (χ0v) is 14.6. The highest BCUT2D eigenvalue weighted by Crippen LogP contribution is 2.19. The molecule has 0 aliphatic carbocycles. The van der Waals surface area contributed by atoms with Gasteiger partial charge in [0.1, 0.15) is 5.75 Å². The maximum atomic E-state index is 11.7. The Morgan fingerprint density at radius 3 is 2.86 bits per heavy atom. The summed E-state index contributed by atoms with van der Waals surface area (Å²) in [5, 5.41) is 3.93. The van der Waals surface area contributed by atoms with Crippen LogP contribution in [0.1, 0.15) is 25.5 Å². The van der Waals surface area contributed by atoms with Crippen LogP contribution in [0.5, 0.6) is 5.75 Å². The Morgan fingerprint density at radius 1 is 1.41 bits per heavy atom. The van der Waals surface area contributed by atoms with Crippen LogP contribution in [0, 0.1) is 3.57 Å². The number of carbonyl (C=O) groups excluding carboxylic acids is 1. The van der Waals surface area contributed by atoms with Crippen LogP contribution in [0.2, 0.25) is 0 Å². The van der Waals surface area contributed by atoms with Crippen molar-refractivity contribution in [3.8, 4) is 5.75 Å². The Hall–Kier alpha value is -1.83. The molecule has 0 atom stereocenters. The highest BCUT2D eigenvalue weighted by Gasteiger charge is 2.04. The number of halogens is 1. The van der Waals surface area contributed by atoms with Gasteiger partial charge in [-0.05, 0) is 54.6 Å². The molecule has 1 aromatic heterocycles. The molecule has 1 amide bonds. The summed E-state index contributed by atoms with van der Waals surface area (Å²) >= 11 is 2.16. The zero-order valence-electron chi connectivity index (χ0n) is 12.5. The van der Waals surface area contributed by atoms with E-state index in [1.54, 1.807) is 6.21 Å². The summed E-state index contributed by atoms with van der Waals surface area (Å²) in [7, 11) is 0. The first-order chi connectivity index (χ1) is 10.6. The van der Waals surface area contributed by atoms with Crippen LogP contribution in [0.15, 0.2) is 47.8 Å². The van der Waals surface area contributed by atoms with Crippen LogP contribution in [0.3, 0.4) is 0 Å². The first-order valence-electron chi connectivity index (χ1n) is 6.93. The van der Waals surface area contributed by atoms with Crippen molar-refractivity contribution in [2.45, 2.75) is 19.9 Å². The molecule has 0 saturated heterocycles. The van der Waals surface area contributed by atoms with Gasteiger partial charge in [-0.15, -0.1) is 0 Å². The lowest BCUT2D eigenvalue weighted by molar-refractivity contribution is -0.123. The Kier molecular flexibility index (Phi) is 6.00. The van der Waals surface area contributed by atoms with E-state index in [0.717, 1.165) is 9.13 Å². The number of aromatic nitrogens is 1. The first kappa shape index (κ1) is 16.5. The van der Waals surface area contributed by atoms with E-state index in [2.05, 4.69) is 51.5 Å². The maximum Gasteiger partial charge on any atom is 0.277 e. The standard InChI is InChI=1S/C16H18IN3O2/c1-12(2)20-8-7-13(10-20)9-18-19-16(21)11-22-15-6-4-3-5-14(15)17/h3-10,12H,11H2,1-2H3,(H,19,21)/b18-9+. The van der Waals surface area contributed by atoms with Gasteiger partial charge < -0.3 is 9.30 Å². The smallest absolute Gasteiger partial charge is 0.277 e. The molecule has 0 fully saturated rings. The molecule has 0 spiro atoms. The minimum atomic E-state index is -0.292. The van der Waals surface area contributed by atoms with Crippen molar-refractivity contribution in [2.75, 3.05) is 6.61 Å². The SMILES string of the molecule is CC(C)n1ccc(/C=N/NC(=O)COc2ccccc2I)c1. The number of nitrogens with one attached hydrogen (secondary N) is 1. The summed E-state index contributed by atoms with van der Waals surface area (Å²) in [5.41, 5.74) is 3.39. The largest absolute Gasteiger partial charge is 0.483 e. The lowest BCUT2D eigenvalue weighted by Gasteiger charge is -2.06. The number of amides is 1. The summed E-state index contributed by atoms with van der Waals surface area (Å²) in [5.74, 6) is 0.399. The highest BCUT2D eigenvalue weighted by atomic mass is 127. The second-order valence-electron chi connectivity index (χ2n) is 5.00. The van der Waals surface area contributed by atoms with E-state index in [1.165, 1.54) is 0 Å². The van der Waals surface area contributed by atoms with Crippen LogP contribution in [0.25, 0.3) is 0 Å². The lowest BCUT2D eigenvalue weighted by Crippen LogP contribution is -2.24. The van der Waals surface area contributed by atoms with Gasteiger partial charge in [0.15, 0.2) is 6.61 Å². The van der Waals surface area contributed by atoms with Crippen LogP contribution >= 0.6 is 22.6 Å². The first-order valence-corrected chi connectivity index (χ1v) is 8.01. The van der Waals surface area contributed by atoms with Crippen molar-refractivity contribution < 1.29 is 9.53 Å². The van der Waals surface area contributed by atoms with E-state index in [0.29, 0.717) is 11.8 Å². The van der Waals surface area contributed by atoms with Crippen LogP contribution in [-0.2, 0) is 4.79 Å². The van der Waals surface area contributed by atoms with Gasteiger partial charge >= 0.3 is 0 Å². The van der Waals surface area contributed by atoms with Crippen molar-refractivity contribution in [3.05, 3.63) is 51.9 Å². The molecular weight excluding hydrogens is 393 g/mol. The fourth-order valence-electron chi connectivity index (χ4n) is 1.74. The molecule has 0 saturated carbocycles. The molecule has 0 bridgehead atoms. The second kappa shape index (κ2) is 7.98. The van der Waals surface area contributed by atoms with E-state index in [1.807, 2.05) is 42.7 Å². The number of nitrogens with zero attached hydrogens (tertiary/aromatic N) is 2. The molecule has 22 heavy (non-hydrogen) atoms. The van der Waals surface area contributed by atoms with Crippen molar-refractivity contribution in [1.82, 2.24) is 9.99 Å². The van der Waals surface area contributed by atoms with Crippen molar-refractivity contribution in [3.63, 3.8) is 0 Å². The van der Waals surface area contributed by atoms with E-state index in [-0.39, 0.29) is 12.5 Å². The molecule has 1 heterocycles. The number of carbonyl (C=O) groups is 1. The molecule has 2 rings (SSSR count). The second-order valence-corrected chi connectivity index (χ2v) is 6.16. The van der Waals surface area contributed by atoms with E-state index in [9.17, 15) is 4.79 Å². The predicted octanol–water partition coefficient (Wildman–Crippen LogP) is 3.20. The third kappa shape index (κ3) is 4.87. The van der Waals surface area contributed by atoms with E-state index < -0.39 is 0 Å². The van der Waals surface area contributed by atoms with Crippen LogP contribution in [0.4, 0.5) is 0 Å². The van der Waals surface area contributed by atoms with E-state index >= 15 is 0 Å². The molecule has 0 aliphatic rings. The van der Waals surface area contributed by atoms with Gasteiger partial charge in [-0.3, -0.25) is 4.79 Å². The number of rotatable bonds is 6. The molecule has 0 radical (unpaired) electrons. The minimum Gasteiger partial charge on any atom is -0.483 e. The highest BCUT2D eigenvalue weighted by molar-refractivity contribution is 14.1. The summed E-state index contributed by atoms with van der Waals surface area (Å²) in [4.78, 5) is 11.7. The fraction of sp³-hybridized carbons (Fsp3) is 0.250. The minimum absolute atomic E-state index is 0.0651. The van der Waals surface area contributed by atoms with Gasteiger partial charge in [-0.1, -0.05) is 12.1 Å². The third-order valence-electron chi connectivity index (χ3n) is 2.93. The maximum absolute atomic E-state index is 11.7. The number of para-hydroxylation sites is 1. The monoisotopic (exact) mass is 411 g/mol. The fourth-order valence-corrected chi connectivity index (χ4v) is 2.29. The van der Waals surface area contributed by atoms with Crippen molar-refractivity contribution in [1.29, 1.82) is 0 Å². The van der Waals surface area contributed by atoms with Crippen LogP contribution < -0.4 is 10.2 Å². The molecule has 5 nitrogen and oxygen atoms in total. The van der Waals surface area contributed by atoms with Gasteiger partial charge in [-0.2, -0.15) is 5.10 Å². The predicted molar refractivity (Wildman–Crippen MR) is 95.2 cm³/mol. The number of hydrogen-bond donors (Lipinski definition) is 1. The molecule has 2 aromatic rings. The zero-order chi connectivity index (χ0) is 15.9. The van der Waals surface area contributed by atoms with Gasteiger partial charge in [0.2, 0.25) is 0 Å². The lowest BCUT2D eigenvalue weighted by atomic mass is 10.3. The van der Waals surface area contributed by atoms with Crippen molar-refractivity contribution in [2.24, 2.45) is 5.10 Å². The Morgan fingerprint density at radius 2 is 2.18 bits per heavy atom. The van der Waals surface area contributed by atoms with Gasteiger partial charge in [0.25, 0.3) is 5.91 Å². The molecule has 1 aromatic carbocycles. The quantitative estimate of drug-likeness (QED) is 0.451. The van der Waals surface area contributed by atoms with Gasteiger partial charge in [-0.25, -0.2) is 5.43 Å². The summed E-state index contributed by atoms with van der Waals surface area (Å²) < 4.78 is 8.48. The van der Waals surface area contributed by atoms with Gasteiger partial charge in [0.05, 0.1) is 9.78 Å². The van der Waals surface area contributed by atoms with E-state index in [4.69, 9.17) is 4.74 Å². The summed E-state index contributed by atoms with van der Waals surface area (Å²) in [6.07, 6.45) is 5.57. The van der Waals surface area contributed by atoms with Gasteiger partial charge in [0, 0.05) is 24.0 Å². The average molecular weight is 411 g/mol. The molecular formula is C16H18IN3O2. The molecule has 0 unspecified atom stereocenters. The number of benzene rings is 1. The van der Waals surface area contributed by atoms with Crippen molar-refractivity contribution >= 4 is 34.7 Å². The number of ether oxygens (including phenoxy) is 1. The summed E-state index contributed by atoms with van der Waals surface area (Å²) in [6.45, 7) is 4.14. The molecule has 6 heteroatoms. The Bertz CT molecular complexity index is 665. The third-order valence-corrected chi connectivity index (χ3v) is 3.82.